The number of rotatable bonds is 8. The monoisotopic (exact) mass is 250 g/mol. The first kappa shape index (κ1) is 13.1. The van der Waals surface area contributed by atoms with E-state index in [1.165, 1.54) is 12.8 Å². The minimum absolute atomic E-state index is 0.530. The van der Waals surface area contributed by atoms with Gasteiger partial charge in [-0.3, -0.25) is 0 Å². The van der Waals surface area contributed by atoms with Crippen molar-refractivity contribution in [2.75, 3.05) is 30.8 Å². The Morgan fingerprint density at radius 3 is 2.94 bits per heavy atom. The fourth-order valence-electron chi connectivity index (χ4n) is 1.74. The fourth-order valence-corrected chi connectivity index (χ4v) is 1.74. The Morgan fingerprint density at radius 1 is 1.39 bits per heavy atom. The van der Waals surface area contributed by atoms with Crippen molar-refractivity contribution < 1.29 is 4.74 Å². The van der Waals surface area contributed by atoms with Crippen LogP contribution in [0.25, 0.3) is 0 Å². The zero-order valence-corrected chi connectivity index (χ0v) is 11.0. The molecule has 5 nitrogen and oxygen atoms in total. The van der Waals surface area contributed by atoms with Crippen LogP contribution in [-0.4, -0.2) is 29.7 Å². The van der Waals surface area contributed by atoms with Crippen LogP contribution in [0.5, 0.6) is 0 Å². The highest BCUT2D eigenvalue weighted by Crippen LogP contribution is 2.38. The molecule has 1 aromatic rings. The summed E-state index contributed by atoms with van der Waals surface area (Å²) in [5.41, 5.74) is 5.78. The first-order valence-corrected chi connectivity index (χ1v) is 6.75. The van der Waals surface area contributed by atoms with Crippen LogP contribution >= 0.6 is 0 Å². The van der Waals surface area contributed by atoms with Crippen LogP contribution < -0.4 is 11.1 Å². The second-order valence-electron chi connectivity index (χ2n) is 4.70. The van der Waals surface area contributed by atoms with Crippen molar-refractivity contribution in [1.29, 1.82) is 0 Å². The summed E-state index contributed by atoms with van der Waals surface area (Å²) in [6.45, 7) is 4.59. The maximum atomic E-state index is 5.78. The lowest BCUT2D eigenvalue weighted by Crippen LogP contribution is -2.09. The largest absolute Gasteiger partial charge is 0.384 e. The molecule has 1 aliphatic rings. The maximum absolute atomic E-state index is 5.78. The topological polar surface area (TPSA) is 73.1 Å². The molecule has 5 heteroatoms. The SMILES string of the molecule is CCCOCCCNc1cc(N)nc(C2CC2)n1. The minimum Gasteiger partial charge on any atom is -0.384 e. The summed E-state index contributed by atoms with van der Waals surface area (Å²) in [5.74, 6) is 2.80. The quantitative estimate of drug-likeness (QED) is 0.692. The number of nitrogen functional groups attached to an aromatic ring is 1. The van der Waals surface area contributed by atoms with E-state index in [0.29, 0.717) is 11.7 Å². The molecule has 1 aliphatic carbocycles. The summed E-state index contributed by atoms with van der Waals surface area (Å²) in [6, 6.07) is 1.79. The molecule has 0 aliphatic heterocycles. The van der Waals surface area contributed by atoms with Crippen LogP contribution in [0, 0.1) is 0 Å². The average molecular weight is 250 g/mol. The third-order valence-corrected chi connectivity index (χ3v) is 2.83. The summed E-state index contributed by atoms with van der Waals surface area (Å²) in [5, 5.41) is 3.27. The van der Waals surface area contributed by atoms with Crippen molar-refractivity contribution in [3.63, 3.8) is 0 Å². The molecule has 1 fully saturated rings. The standard InChI is InChI=1S/C13H22N4O/c1-2-7-18-8-3-6-15-12-9-11(14)16-13(17-12)10-4-5-10/h9-10H,2-8H2,1H3,(H3,14,15,16,17). The van der Waals surface area contributed by atoms with Crippen LogP contribution in [0.2, 0.25) is 0 Å². The lowest BCUT2D eigenvalue weighted by Gasteiger charge is -2.08. The van der Waals surface area contributed by atoms with E-state index >= 15 is 0 Å². The number of hydrogen-bond acceptors (Lipinski definition) is 5. The second kappa shape index (κ2) is 6.54. The third kappa shape index (κ3) is 4.14. The number of nitrogens with two attached hydrogens (primary N) is 1. The van der Waals surface area contributed by atoms with Gasteiger partial charge < -0.3 is 15.8 Å². The molecule has 3 N–H and O–H groups in total. The van der Waals surface area contributed by atoms with Gasteiger partial charge in [-0.05, 0) is 25.7 Å². The van der Waals surface area contributed by atoms with Gasteiger partial charge in [0.2, 0.25) is 0 Å². The third-order valence-electron chi connectivity index (χ3n) is 2.83. The van der Waals surface area contributed by atoms with Crippen molar-refractivity contribution in [2.45, 2.75) is 38.5 Å². The molecule has 0 aromatic carbocycles. The summed E-state index contributed by atoms with van der Waals surface area (Å²) >= 11 is 0. The lowest BCUT2D eigenvalue weighted by molar-refractivity contribution is 0.134. The second-order valence-corrected chi connectivity index (χ2v) is 4.70. The highest BCUT2D eigenvalue weighted by molar-refractivity contribution is 5.45. The molecule has 1 aromatic heterocycles. The Morgan fingerprint density at radius 2 is 2.22 bits per heavy atom. The number of ether oxygens (including phenoxy) is 1. The molecule has 2 rings (SSSR count). The number of anilines is 2. The Hall–Kier alpha value is -1.36. The molecule has 0 saturated heterocycles. The zero-order chi connectivity index (χ0) is 12.8. The van der Waals surface area contributed by atoms with Gasteiger partial charge in [-0.1, -0.05) is 6.92 Å². The molecular formula is C13H22N4O. The summed E-state index contributed by atoms with van der Waals surface area (Å²) in [6.07, 6.45) is 4.42. The molecule has 0 amide bonds. The van der Waals surface area contributed by atoms with E-state index in [4.69, 9.17) is 10.5 Å². The van der Waals surface area contributed by atoms with E-state index in [0.717, 1.165) is 44.2 Å². The fraction of sp³-hybridized carbons (Fsp3) is 0.692. The van der Waals surface area contributed by atoms with E-state index < -0.39 is 0 Å². The van der Waals surface area contributed by atoms with Gasteiger partial charge in [-0.15, -0.1) is 0 Å². The van der Waals surface area contributed by atoms with E-state index in [9.17, 15) is 0 Å². The van der Waals surface area contributed by atoms with Gasteiger partial charge in [-0.25, -0.2) is 9.97 Å². The van der Waals surface area contributed by atoms with E-state index in [1.54, 1.807) is 6.07 Å². The Balaban J connectivity index is 1.74. The van der Waals surface area contributed by atoms with E-state index in [-0.39, 0.29) is 0 Å². The molecule has 18 heavy (non-hydrogen) atoms. The van der Waals surface area contributed by atoms with Crippen molar-refractivity contribution in [2.24, 2.45) is 0 Å². The molecular weight excluding hydrogens is 228 g/mol. The van der Waals surface area contributed by atoms with Gasteiger partial charge >= 0.3 is 0 Å². The average Bonchev–Trinajstić information content (AvgIpc) is 3.17. The van der Waals surface area contributed by atoms with Crippen molar-refractivity contribution >= 4 is 11.6 Å². The number of nitrogens with one attached hydrogen (secondary N) is 1. The van der Waals surface area contributed by atoms with E-state index in [1.807, 2.05) is 0 Å². The van der Waals surface area contributed by atoms with Crippen LogP contribution in [-0.2, 0) is 4.74 Å². The highest BCUT2D eigenvalue weighted by Gasteiger charge is 2.27. The lowest BCUT2D eigenvalue weighted by atomic mass is 10.3. The number of nitrogens with zero attached hydrogens (tertiary/aromatic N) is 2. The molecule has 1 heterocycles. The van der Waals surface area contributed by atoms with Crippen LogP contribution in [0.3, 0.4) is 0 Å². The highest BCUT2D eigenvalue weighted by atomic mass is 16.5. The van der Waals surface area contributed by atoms with Gasteiger partial charge in [0.25, 0.3) is 0 Å². The smallest absolute Gasteiger partial charge is 0.136 e. The van der Waals surface area contributed by atoms with Crippen molar-refractivity contribution in [3.05, 3.63) is 11.9 Å². The maximum Gasteiger partial charge on any atom is 0.136 e. The summed E-state index contributed by atoms with van der Waals surface area (Å²) in [4.78, 5) is 8.75. The first-order valence-electron chi connectivity index (χ1n) is 6.75. The normalized spacial score (nSPS) is 14.7. The molecule has 0 unspecified atom stereocenters. The molecule has 100 valence electrons. The van der Waals surface area contributed by atoms with Crippen molar-refractivity contribution in [3.8, 4) is 0 Å². The summed E-state index contributed by atoms with van der Waals surface area (Å²) < 4.78 is 5.42. The number of hydrogen-bond donors (Lipinski definition) is 2. The first-order chi connectivity index (χ1) is 8.79. The summed E-state index contributed by atoms with van der Waals surface area (Å²) in [7, 11) is 0. The van der Waals surface area contributed by atoms with Crippen LogP contribution in [0.15, 0.2) is 6.07 Å². The van der Waals surface area contributed by atoms with Gasteiger partial charge in [0, 0.05) is 31.7 Å². The predicted molar refractivity (Wildman–Crippen MR) is 72.6 cm³/mol. The van der Waals surface area contributed by atoms with Crippen molar-refractivity contribution in [1.82, 2.24) is 9.97 Å². The van der Waals surface area contributed by atoms with E-state index in [2.05, 4.69) is 22.2 Å². The van der Waals surface area contributed by atoms with Gasteiger partial charge in [0.15, 0.2) is 0 Å². The van der Waals surface area contributed by atoms with Gasteiger partial charge in [-0.2, -0.15) is 0 Å². The molecule has 0 radical (unpaired) electrons. The molecule has 0 bridgehead atoms. The molecule has 0 spiro atoms. The number of aromatic nitrogens is 2. The van der Waals surface area contributed by atoms with Gasteiger partial charge in [0.1, 0.15) is 17.5 Å². The van der Waals surface area contributed by atoms with Crippen LogP contribution in [0.4, 0.5) is 11.6 Å². The van der Waals surface area contributed by atoms with Gasteiger partial charge in [0.05, 0.1) is 0 Å². The molecule has 1 saturated carbocycles. The minimum atomic E-state index is 0.530. The Kier molecular flexibility index (Phi) is 4.75. The zero-order valence-electron chi connectivity index (χ0n) is 11.0. The Labute approximate surface area is 108 Å². The van der Waals surface area contributed by atoms with Crippen LogP contribution in [0.1, 0.15) is 44.3 Å². The predicted octanol–water partition coefficient (Wildman–Crippen LogP) is 2.16. The Bertz CT molecular complexity index is 379. The molecule has 0 atom stereocenters.